The van der Waals surface area contributed by atoms with Crippen LogP contribution in [0.25, 0.3) is 0 Å². The molecule has 2 fully saturated rings. The van der Waals surface area contributed by atoms with E-state index in [1.165, 1.54) is 30.6 Å². The summed E-state index contributed by atoms with van der Waals surface area (Å²) in [6, 6.07) is 0. The van der Waals surface area contributed by atoms with Crippen molar-refractivity contribution in [2.45, 2.75) is 39.2 Å². The molecule has 2 saturated carbocycles. The van der Waals surface area contributed by atoms with E-state index in [4.69, 9.17) is 0 Å². The zero-order valence-electron chi connectivity index (χ0n) is 12.1. The second-order valence-corrected chi connectivity index (χ2v) is 7.10. The minimum atomic E-state index is 0. The van der Waals surface area contributed by atoms with Gasteiger partial charge in [-0.1, -0.05) is 0 Å². The third-order valence-corrected chi connectivity index (χ3v) is 5.16. The van der Waals surface area contributed by atoms with Gasteiger partial charge >= 0.3 is 0 Å². The van der Waals surface area contributed by atoms with Crippen LogP contribution >= 0.6 is 35.3 Å². The van der Waals surface area contributed by atoms with Crippen LogP contribution in [0.3, 0.4) is 0 Å². The van der Waals surface area contributed by atoms with E-state index >= 15 is 0 Å². The van der Waals surface area contributed by atoms with Crippen LogP contribution in [0.5, 0.6) is 0 Å². The van der Waals surface area contributed by atoms with Gasteiger partial charge in [0.1, 0.15) is 5.01 Å². The smallest absolute Gasteiger partial charge is 0.191 e. The van der Waals surface area contributed by atoms with Crippen molar-refractivity contribution in [3.8, 4) is 0 Å². The van der Waals surface area contributed by atoms with Crippen molar-refractivity contribution in [3.63, 3.8) is 0 Å². The van der Waals surface area contributed by atoms with Gasteiger partial charge in [0.25, 0.3) is 0 Å². The molecule has 2 aliphatic carbocycles. The van der Waals surface area contributed by atoms with Crippen molar-refractivity contribution in [3.05, 3.63) is 16.1 Å². The molecule has 3 rings (SSSR count). The number of guanidine groups is 1. The molecule has 0 aliphatic heterocycles. The number of rotatable bonds is 5. The first-order valence-electron chi connectivity index (χ1n) is 7.08. The number of thiazole rings is 1. The predicted octanol–water partition coefficient (Wildman–Crippen LogP) is 2.92. The Hall–Kier alpha value is -0.370. The van der Waals surface area contributed by atoms with Crippen LogP contribution in [-0.4, -0.2) is 24.5 Å². The Morgan fingerprint density at radius 2 is 2.20 bits per heavy atom. The number of nitrogens with one attached hydrogen (secondary N) is 2. The lowest BCUT2D eigenvalue weighted by molar-refractivity contribution is 0.431. The maximum atomic E-state index is 4.35. The van der Waals surface area contributed by atoms with Gasteiger partial charge in [-0.15, -0.1) is 35.3 Å². The Bertz CT molecular complexity index is 477. The van der Waals surface area contributed by atoms with Gasteiger partial charge in [0, 0.05) is 24.7 Å². The van der Waals surface area contributed by atoms with Crippen LogP contribution in [0, 0.1) is 18.3 Å². The Balaban J connectivity index is 0.00000147. The largest absolute Gasteiger partial charge is 0.356 e. The van der Waals surface area contributed by atoms with Crippen molar-refractivity contribution in [2.24, 2.45) is 16.3 Å². The number of halogens is 1. The molecule has 0 spiro atoms. The standard InChI is InChI=1S/C14H22N4S.HI/c1-10-7-16-12(19-10)8-17-13(15-2)18-9-14(5-6-14)11-3-4-11;/h7,11H,3-6,8-9H2,1-2H3,(H2,15,17,18);1H. The predicted molar refractivity (Wildman–Crippen MR) is 94.9 cm³/mol. The van der Waals surface area contributed by atoms with E-state index in [-0.39, 0.29) is 24.0 Å². The molecule has 0 radical (unpaired) electrons. The van der Waals surface area contributed by atoms with Gasteiger partial charge in [0.2, 0.25) is 0 Å². The van der Waals surface area contributed by atoms with Gasteiger partial charge in [-0.25, -0.2) is 4.98 Å². The second-order valence-electron chi connectivity index (χ2n) is 5.78. The van der Waals surface area contributed by atoms with Gasteiger partial charge in [-0.3, -0.25) is 4.99 Å². The van der Waals surface area contributed by atoms with Crippen LogP contribution in [0.1, 0.15) is 35.6 Å². The molecule has 1 aromatic heterocycles. The lowest BCUT2D eigenvalue weighted by Crippen LogP contribution is -2.40. The average Bonchev–Trinajstić information content (AvgIpc) is 3.29. The topological polar surface area (TPSA) is 49.3 Å². The molecular weight excluding hydrogens is 383 g/mol. The van der Waals surface area contributed by atoms with E-state index in [0.29, 0.717) is 5.41 Å². The molecule has 20 heavy (non-hydrogen) atoms. The van der Waals surface area contributed by atoms with Crippen molar-refractivity contribution in [1.29, 1.82) is 0 Å². The fourth-order valence-electron chi connectivity index (χ4n) is 2.71. The number of aliphatic imine (C=N–C) groups is 1. The van der Waals surface area contributed by atoms with Gasteiger partial charge in [0.05, 0.1) is 6.54 Å². The number of hydrogen-bond acceptors (Lipinski definition) is 3. The molecule has 6 heteroatoms. The summed E-state index contributed by atoms with van der Waals surface area (Å²) in [5.74, 6) is 1.89. The highest BCUT2D eigenvalue weighted by molar-refractivity contribution is 14.0. The number of aryl methyl sites for hydroxylation is 1. The number of hydrogen-bond donors (Lipinski definition) is 2. The van der Waals surface area contributed by atoms with Gasteiger partial charge in [0.15, 0.2) is 5.96 Å². The monoisotopic (exact) mass is 406 g/mol. The SMILES string of the molecule is CN=C(NCc1ncc(C)s1)NCC1(C2CC2)CC1.I. The molecule has 112 valence electrons. The lowest BCUT2D eigenvalue weighted by Gasteiger charge is -2.17. The van der Waals surface area contributed by atoms with Crippen LogP contribution in [0.15, 0.2) is 11.2 Å². The van der Waals surface area contributed by atoms with Crippen LogP contribution in [0.4, 0.5) is 0 Å². The van der Waals surface area contributed by atoms with Crippen molar-refractivity contribution in [2.75, 3.05) is 13.6 Å². The van der Waals surface area contributed by atoms with Crippen LogP contribution in [-0.2, 0) is 6.54 Å². The minimum absolute atomic E-state index is 0. The van der Waals surface area contributed by atoms with Crippen molar-refractivity contribution < 1.29 is 0 Å². The van der Waals surface area contributed by atoms with Gasteiger partial charge in [-0.2, -0.15) is 0 Å². The molecule has 2 N–H and O–H groups in total. The fourth-order valence-corrected chi connectivity index (χ4v) is 3.44. The Labute approximate surface area is 141 Å². The zero-order valence-corrected chi connectivity index (χ0v) is 15.3. The summed E-state index contributed by atoms with van der Waals surface area (Å²) in [4.78, 5) is 9.90. The minimum Gasteiger partial charge on any atom is -0.356 e. The van der Waals surface area contributed by atoms with Gasteiger partial charge < -0.3 is 10.6 Å². The summed E-state index contributed by atoms with van der Waals surface area (Å²) in [6.07, 6.45) is 7.59. The average molecular weight is 406 g/mol. The molecule has 0 aromatic carbocycles. The molecule has 0 amide bonds. The summed E-state index contributed by atoms with van der Waals surface area (Å²) >= 11 is 1.73. The molecule has 0 unspecified atom stereocenters. The lowest BCUT2D eigenvalue weighted by atomic mass is 10.0. The maximum Gasteiger partial charge on any atom is 0.191 e. The molecular formula is C14H23IN4S. The summed E-state index contributed by atoms with van der Waals surface area (Å²) in [6.45, 7) is 3.92. The van der Waals surface area contributed by atoms with E-state index in [1.807, 2.05) is 13.2 Å². The number of nitrogens with zero attached hydrogens (tertiary/aromatic N) is 2. The first kappa shape index (κ1) is 16.0. The zero-order chi connectivity index (χ0) is 13.3. The Kier molecular flexibility index (Phi) is 5.28. The summed E-state index contributed by atoms with van der Waals surface area (Å²) < 4.78 is 0. The van der Waals surface area contributed by atoms with Crippen molar-refractivity contribution >= 4 is 41.3 Å². The van der Waals surface area contributed by atoms with E-state index in [1.54, 1.807) is 11.3 Å². The molecule has 0 atom stereocenters. The third kappa shape index (κ3) is 3.84. The van der Waals surface area contributed by atoms with E-state index in [2.05, 4.69) is 27.5 Å². The van der Waals surface area contributed by atoms with Crippen LogP contribution in [0.2, 0.25) is 0 Å². The fraction of sp³-hybridized carbons (Fsp3) is 0.714. The molecule has 4 nitrogen and oxygen atoms in total. The normalized spacial score (nSPS) is 20.2. The number of aromatic nitrogens is 1. The van der Waals surface area contributed by atoms with Gasteiger partial charge in [-0.05, 0) is 43.9 Å². The first-order valence-corrected chi connectivity index (χ1v) is 7.89. The van der Waals surface area contributed by atoms with Crippen molar-refractivity contribution in [1.82, 2.24) is 15.6 Å². The first-order chi connectivity index (χ1) is 9.22. The highest BCUT2D eigenvalue weighted by Crippen LogP contribution is 2.60. The molecule has 1 heterocycles. The Morgan fingerprint density at radius 3 is 2.70 bits per heavy atom. The van der Waals surface area contributed by atoms with E-state index in [0.717, 1.165) is 30.0 Å². The molecule has 1 aromatic rings. The van der Waals surface area contributed by atoms with E-state index < -0.39 is 0 Å². The second kappa shape index (κ2) is 6.60. The third-order valence-electron chi connectivity index (χ3n) is 4.24. The molecule has 0 bridgehead atoms. The highest BCUT2D eigenvalue weighted by atomic mass is 127. The summed E-state index contributed by atoms with van der Waals surface area (Å²) in [7, 11) is 1.83. The Morgan fingerprint density at radius 1 is 1.45 bits per heavy atom. The maximum absolute atomic E-state index is 4.35. The summed E-state index contributed by atoms with van der Waals surface area (Å²) in [5, 5.41) is 7.95. The summed E-state index contributed by atoms with van der Waals surface area (Å²) in [5.41, 5.74) is 0.607. The van der Waals surface area contributed by atoms with Crippen LogP contribution < -0.4 is 10.6 Å². The molecule has 0 saturated heterocycles. The van der Waals surface area contributed by atoms with E-state index in [9.17, 15) is 0 Å². The highest BCUT2D eigenvalue weighted by Gasteiger charge is 2.53. The quantitative estimate of drug-likeness (QED) is 0.449. The molecule has 2 aliphatic rings.